The Balaban J connectivity index is 1.72. The number of piperidine rings is 1. The van der Waals surface area contributed by atoms with Crippen molar-refractivity contribution in [3.05, 3.63) is 59.4 Å². The topological polar surface area (TPSA) is 66.1 Å². The van der Waals surface area contributed by atoms with Crippen LogP contribution >= 0.6 is 0 Å². The summed E-state index contributed by atoms with van der Waals surface area (Å²) in [5.41, 5.74) is 3.07. The van der Waals surface area contributed by atoms with Crippen molar-refractivity contribution in [1.29, 1.82) is 0 Å². The molecule has 2 aliphatic rings. The number of carbonyl (C=O) groups is 1. The van der Waals surface area contributed by atoms with Gasteiger partial charge in [0, 0.05) is 18.7 Å². The van der Waals surface area contributed by atoms with Gasteiger partial charge in [0.15, 0.2) is 0 Å². The van der Waals surface area contributed by atoms with E-state index in [2.05, 4.69) is 33.8 Å². The number of amides is 1. The van der Waals surface area contributed by atoms with Crippen LogP contribution in [-0.2, 0) is 10.2 Å². The average molecular weight is 325 g/mol. The van der Waals surface area contributed by atoms with Crippen molar-refractivity contribution in [3.8, 4) is 0 Å². The second kappa shape index (κ2) is 6.07. The highest BCUT2D eigenvalue weighted by molar-refractivity contribution is 5.92. The lowest BCUT2D eigenvalue weighted by atomic mass is 9.72. The van der Waals surface area contributed by atoms with Crippen molar-refractivity contribution in [3.63, 3.8) is 0 Å². The smallest absolute Gasteiger partial charge is 0.268 e. The lowest BCUT2D eigenvalue weighted by Gasteiger charge is -2.40. The molecule has 2 heterocycles. The molecule has 24 heavy (non-hydrogen) atoms. The number of fused-ring (bicyclic) bond motifs is 2. The first-order chi connectivity index (χ1) is 11.8. The molecule has 5 nitrogen and oxygen atoms in total. The second-order valence-electron chi connectivity index (χ2n) is 6.68. The number of hydrogen-bond donors (Lipinski definition) is 3. The van der Waals surface area contributed by atoms with E-state index in [4.69, 9.17) is 4.74 Å². The summed E-state index contributed by atoms with van der Waals surface area (Å²) in [5.74, 6) is -0.0900. The Morgan fingerprint density at radius 1 is 1.21 bits per heavy atom. The zero-order chi connectivity index (χ0) is 16.6. The number of H-pyrrole nitrogens is 1. The Bertz CT molecular complexity index is 720. The summed E-state index contributed by atoms with van der Waals surface area (Å²) >= 11 is 0. The molecule has 1 amide bonds. The monoisotopic (exact) mass is 325 g/mol. The molecule has 2 atom stereocenters. The van der Waals surface area contributed by atoms with E-state index in [1.165, 1.54) is 11.1 Å². The fourth-order valence-electron chi connectivity index (χ4n) is 4.49. The lowest BCUT2D eigenvalue weighted by Crippen LogP contribution is -2.49. The zero-order valence-electron chi connectivity index (χ0n) is 13.8. The summed E-state index contributed by atoms with van der Waals surface area (Å²) in [7, 11) is 1.76. The molecule has 1 saturated heterocycles. The highest BCUT2D eigenvalue weighted by Gasteiger charge is 2.53. The summed E-state index contributed by atoms with van der Waals surface area (Å²) < 4.78 is 5.97. The number of aromatic nitrogens is 1. The lowest BCUT2D eigenvalue weighted by molar-refractivity contribution is 0.00392. The summed E-state index contributed by atoms with van der Waals surface area (Å²) in [6.45, 7) is 1.96. The third kappa shape index (κ3) is 2.27. The van der Waals surface area contributed by atoms with Crippen molar-refractivity contribution in [2.24, 2.45) is 0 Å². The Morgan fingerprint density at radius 3 is 2.71 bits per heavy atom. The van der Waals surface area contributed by atoms with Crippen molar-refractivity contribution < 1.29 is 9.53 Å². The molecule has 1 aromatic heterocycles. The number of carbonyl (C=O) groups excluding carboxylic acids is 1. The molecule has 3 N–H and O–H groups in total. The molecular weight excluding hydrogens is 302 g/mol. The molecule has 1 aromatic carbocycles. The first-order valence-corrected chi connectivity index (χ1v) is 8.53. The predicted octanol–water partition coefficient (Wildman–Crippen LogP) is 2.14. The maximum atomic E-state index is 12.6. The van der Waals surface area contributed by atoms with Crippen LogP contribution in [0.3, 0.4) is 0 Å². The Morgan fingerprint density at radius 2 is 2.00 bits per heavy atom. The summed E-state index contributed by atoms with van der Waals surface area (Å²) in [5, 5.41) is 6.64. The van der Waals surface area contributed by atoms with Gasteiger partial charge in [-0.15, -0.1) is 0 Å². The predicted molar refractivity (Wildman–Crippen MR) is 92.0 cm³/mol. The number of aromatic amines is 1. The van der Waals surface area contributed by atoms with Gasteiger partial charge in [-0.05, 0) is 49.2 Å². The van der Waals surface area contributed by atoms with Crippen molar-refractivity contribution in [2.45, 2.75) is 30.4 Å². The van der Waals surface area contributed by atoms with Crippen molar-refractivity contribution in [2.75, 3.05) is 20.2 Å². The van der Waals surface area contributed by atoms with Crippen LogP contribution in [-0.4, -0.2) is 37.2 Å². The number of ether oxygens (including phenoxy) is 1. The van der Waals surface area contributed by atoms with Crippen molar-refractivity contribution >= 4 is 5.91 Å². The van der Waals surface area contributed by atoms with E-state index in [0.717, 1.165) is 25.9 Å². The van der Waals surface area contributed by atoms with Gasteiger partial charge in [-0.3, -0.25) is 4.79 Å². The number of rotatable bonds is 3. The summed E-state index contributed by atoms with van der Waals surface area (Å²) in [6, 6.07) is 12.0. The van der Waals surface area contributed by atoms with Crippen LogP contribution in [0.5, 0.6) is 0 Å². The van der Waals surface area contributed by atoms with E-state index in [1.807, 2.05) is 12.1 Å². The van der Waals surface area contributed by atoms with Crippen LogP contribution in [0.4, 0.5) is 0 Å². The number of hydrogen-bond acceptors (Lipinski definition) is 3. The molecule has 0 bridgehead atoms. The van der Waals surface area contributed by atoms with E-state index in [9.17, 15) is 4.79 Å². The molecule has 1 aliphatic carbocycles. The third-order valence-corrected chi connectivity index (χ3v) is 5.56. The van der Waals surface area contributed by atoms with Gasteiger partial charge in [-0.1, -0.05) is 24.3 Å². The van der Waals surface area contributed by atoms with Crippen LogP contribution in [0.25, 0.3) is 0 Å². The maximum absolute atomic E-state index is 12.6. The molecule has 2 aromatic rings. The molecule has 126 valence electrons. The van der Waals surface area contributed by atoms with Crippen LogP contribution in [0.1, 0.15) is 40.5 Å². The zero-order valence-corrected chi connectivity index (χ0v) is 13.8. The standard InChI is InChI=1S/C19H23N3O2/c1-24-17-16(22-18(23)15-7-4-10-21-15)13-5-2-3-6-14(13)19(17)8-11-20-12-9-19/h2-7,10,16-17,20-21H,8-9,11-12H2,1H3,(H,22,23)/t16-,17+/m1/s1. The number of benzene rings is 1. The molecule has 0 radical (unpaired) electrons. The minimum Gasteiger partial charge on any atom is -0.378 e. The van der Waals surface area contributed by atoms with Crippen LogP contribution in [0, 0.1) is 0 Å². The Hall–Kier alpha value is -2.11. The highest BCUT2D eigenvalue weighted by Crippen LogP contribution is 2.51. The maximum Gasteiger partial charge on any atom is 0.268 e. The molecular formula is C19H23N3O2. The number of methoxy groups -OCH3 is 1. The fraction of sp³-hybridized carbons (Fsp3) is 0.421. The van der Waals surface area contributed by atoms with E-state index < -0.39 is 0 Å². The van der Waals surface area contributed by atoms with Gasteiger partial charge in [0.05, 0.1) is 12.1 Å². The Kier molecular flexibility index (Phi) is 3.90. The average Bonchev–Trinajstić information content (AvgIpc) is 3.23. The van der Waals surface area contributed by atoms with Gasteiger partial charge in [0.2, 0.25) is 0 Å². The largest absolute Gasteiger partial charge is 0.378 e. The van der Waals surface area contributed by atoms with E-state index in [1.54, 1.807) is 19.4 Å². The van der Waals surface area contributed by atoms with Gasteiger partial charge in [-0.25, -0.2) is 0 Å². The second-order valence-corrected chi connectivity index (χ2v) is 6.68. The van der Waals surface area contributed by atoms with Gasteiger partial charge < -0.3 is 20.4 Å². The highest BCUT2D eigenvalue weighted by atomic mass is 16.5. The minimum atomic E-state index is -0.125. The first-order valence-electron chi connectivity index (χ1n) is 8.53. The van der Waals surface area contributed by atoms with Crippen molar-refractivity contribution in [1.82, 2.24) is 15.6 Å². The third-order valence-electron chi connectivity index (χ3n) is 5.56. The molecule has 5 heteroatoms. The van der Waals surface area contributed by atoms with Crippen LogP contribution in [0.15, 0.2) is 42.6 Å². The van der Waals surface area contributed by atoms with E-state index in [-0.39, 0.29) is 23.5 Å². The van der Waals surface area contributed by atoms with Crippen LogP contribution < -0.4 is 10.6 Å². The number of nitrogens with one attached hydrogen (secondary N) is 3. The summed E-state index contributed by atoms with van der Waals surface area (Å²) in [4.78, 5) is 15.6. The van der Waals surface area contributed by atoms with Gasteiger partial charge in [0.1, 0.15) is 5.69 Å². The van der Waals surface area contributed by atoms with Gasteiger partial charge >= 0.3 is 0 Å². The quantitative estimate of drug-likeness (QED) is 0.810. The SMILES string of the molecule is CO[C@H]1[C@H](NC(=O)c2ccc[nH]2)c2ccccc2C12CCNCC2. The van der Waals surface area contributed by atoms with Gasteiger partial charge in [-0.2, -0.15) is 0 Å². The molecule has 0 saturated carbocycles. The molecule has 0 unspecified atom stereocenters. The first kappa shape index (κ1) is 15.4. The van der Waals surface area contributed by atoms with Gasteiger partial charge in [0.25, 0.3) is 5.91 Å². The van der Waals surface area contributed by atoms with Crippen LogP contribution in [0.2, 0.25) is 0 Å². The minimum absolute atomic E-state index is 0.0235. The van der Waals surface area contributed by atoms with E-state index in [0.29, 0.717) is 5.69 Å². The molecule has 1 fully saturated rings. The fourth-order valence-corrected chi connectivity index (χ4v) is 4.49. The molecule has 1 aliphatic heterocycles. The Labute approximate surface area is 141 Å². The van der Waals surface area contributed by atoms with E-state index >= 15 is 0 Å². The molecule has 1 spiro atoms. The molecule has 4 rings (SSSR count). The normalized spacial score (nSPS) is 24.7. The summed E-state index contributed by atoms with van der Waals surface area (Å²) in [6.07, 6.45) is 3.77.